The van der Waals surface area contributed by atoms with E-state index >= 15 is 0 Å². The van der Waals surface area contributed by atoms with Gasteiger partial charge in [0.05, 0.1) is 0 Å². The molecule has 0 radical (unpaired) electrons. The number of likely N-dealkylation sites (tertiary alicyclic amines) is 1. The molecule has 1 saturated heterocycles. The molecule has 0 aromatic heterocycles. The van der Waals surface area contributed by atoms with Crippen LogP contribution in [-0.4, -0.2) is 36.6 Å². The van der Waals surface area contributed by atoms with Crippen LogP contribution in [0, 0.1) is 11.8 Å². The van der Waals surface area contributed by atoms with Crippen LogP contribution >= 0.6 is 0 Å². The zero-order valence-corrected chi connectivity index (χ0v) is 12.7. The molecule has 110 valence electrons. The lowest BCUT2D eigenvalue weighted by Gasteiger charge is -2.40. The third-order valence-corrected chi connectivity index (χ3v) is 5.79. The van der Waals surface area contributed by atoms with Gasteiger partial charge in [0.1, 0.15) is 0 Å². The minimum absolute atomic E-state index is 0.684. The van der Waals surface area contributed by atoms with Crippen molar-refractivity contribution in [1.29, 1.82) is 0 Å². The predicted molar refractivity (Wildman–Crippen MR) is 81.4 cm³/mol. The van der Waals surface area contributed by atoms with E-state index in [0.29, 0.717) is 6.04 Å². The zero-order chi connectivity index (χ0) is 13.1. The van der Waals surface area contributed by atoms with Crippen LogP contribution in [0.4, 0.5) is 0 Å². The summed E-state index contributed by atoms with van der Waals surface area (Å²) in [6, 6.07) is 1.50. The van der Waals surface area contributed by atoms with Gasteiger partial charge in [0.25, 0.3) is 0 Å². The first-order chi connectivity index (χ1) is 9.31. The highest BCUT2D eigenvalue weighted by atomic mass is 15.2. The summed E-state index contributed by atoms with van der Waals surface area (Å²) in [5, 5.41) is 3.94. The quantitative estimate of drug-likeness (QED) is 0.837. The molecule has 3 rings (SSSR count). The van der Waals surface area contributed by atoms with Crippen LogP contribution in [0.1, 0.15) is 64.7 Å². The summed E-state index contributed by atoms with van der Waals surface area (Å²) >= 11 is 0. The number of nitrogens with one attached hydrogen (secondary N) is 1. The van der Waals surface area contributed by atoms with Crippen molar-refractivity contribution in [2.75, 3.05) is 19.6 Å². The van der Waals surface area contributed by atoms with E-state index in [9.17, 15) is 0 Å². The molecule has 3 fully saturated rings. The Morgan fingerprint density at radius 3 is 2.47 bits per heavy atom. The first-order valence-corrected chi connectivity index (χ1v) is 8.79. The molecule has 1 heterocycles. The second-order valence-electron chi connectivity index (χ2n) is 7.39. The van der Waals surface area contributed by atoms with E-state index < -0.39 is 0 Å². The van der Waals surface area contributed by atoms with E-state index in [4.69, 9.17) is 0 Å². The normalized spacial score (nSPS) is 38.1. The molecule has 4 atom stereocenters. The molecule has 0 bridgehead atoms. The van der Waals surface area contributed by atoms with Crippen LogP contribution in [0.25, 0.3) is 0 Å². The predicted octanol–water partition coefficient (Wildman–Crippen LogP) is 3.42. The van der Waals surface area contributed by atoms with Gasteiger partial charge in [-0.2, -0.15) is 0 Å². The van der Waals surface area contributed by atoms with Crippen LogP contribution in [-0.2, 0) is 0 Å². The molecule has 2 nitrogen and oxygen atoms in total. The molecule has 1 N–H and O–H groups in total. The number of rotatable bonds is 4. The standard InChI is InChI=1S/C17H32N2/c1-14(13-19-10-4-5-11-19)18-17-9-8-15-6-2-3-7-16(15)12-17/h14-18H,2-13H2,1H3. The van der Waals surface area contributed by atoms with Gasteiger partial charge in [-0.15, -0.1) is 0 Å². The lowest BCUT2D eigenvalue weighted by molar-refractivity contribution is 0.136. The lowest BCUT2D eigenvalue weighted by Crippen LogP contribution is -2.46. The van der Waals surface area contributed by atoms with Gasteiger partial charge in [0, 0.05) is 18.6 Å². The molecule has 3 aliphatic rings. The van der Waals surface area contributed by atoms with Gasteiger partial charge in [-0.05, 0) is 64.0 Å². The molecule has 0 aromatic rings. The Balaban J connectivity index is 1.42. The van der Waals surface area contributed by atoms with Crippen LogP contribution < -0.4 is 5.32 Å². The van der Waals surface area contributed by atoms with Crippen molar-refractivity contribution in [3.05, 3.63) is 0 Å². The summed E-state index contributed by atoms with van der Waals surface area (Å²) in [6.45, 7) is 6.33. The Hall–Kier alpha value is -0.0800. The highest BCUT2D eigenvalue weighted by Gasteiger charge is 2.32. The Morgan fingerprint density at radius 1 is 0.947 bits per heavy atom. The van der Waals surface area contributed by atoms with Crippen molar-refractivity contribution in [2.45, 2.75) is 76.8 Å². The first kappa shape index (κ1) is 13.9. The maximum atomic E-state index is 3.94. The maximum absolute atomic E-state index is 3.94. The molecule has 0 aromatic carbocycles. The second-order valence-corrected chi connectivity index (χ2v) is 7.39. The first-order valence-electron chi connectivity index (χ1n) is 8.79. The Morgan fingerprint density at radius 2 is 1.68 bits per heavy atom. The summed E-state index contributed by atoms with van der Waals surface area (Å²) in [5.41, 5.74) is 0. The van der Waals surface area contributed by atoms with Gasteiger partial charge in [-0.25, -0.2) is 0 Å². The van der Waals surface area contributed by atoms with Crippen molar-refractivity contribution >= 4 is 0 Å². The van der Waals surface area contributed by atoms with Crippen LogP contribution in [0.3, 0.4) is 0 Å². The van der Waals surface area contributed by atoms with Crippen LogP contribution in [0.15, 0.2) is 0 Å². The molecule has 2 heteroatoms. The van der Waals surface area contributed by atoms with E-state index in [1.165, 1.54) is 77.4 Å². The van der Waals surface area contributed by atoms with Gasteiger partial charge in [-0.1, -0.05) is 25.7 Å². The van der Waals surface area contributed by atoms with Crippen molar-refractivity contribution in [1.82, 2.24) is 10.2 Å². The van der Waals surface area contributed by atoms with Gasteiger partial charge in [-0.3, -0.25) is 0 Å². The van der Waals surface area contributed by atoms with E-state index in [1.807, 2.05) is 0 Å². The maximum Gasteiger partial charge on any atom is 0.0169 e. The van der Waals surface area contributed by atoms with Gasteiger partial charge < -0.3 is 10.2 Å². The number of fused-ring (bicyclic) bond motifs is 1. The Labute approximate surface area is 119 Å². The van der Waals surface area contributed by atoms with E-state index in [2.05, 4.69) is 17.1 Å². The summed E-state index contributed by atoms with van der Waals surface area (Å²) in [6.07, 6.45) is 13.3. The Bertz CT molecular complexity index is 272. The van der Waals surface area contributed by atoms with Crippen molar-refractivity contribution in [3.63, 3.8) is 0 Å². The van der Waals surface area contributed by atoms with E-state index in [-0.39, 0.29) is 0 Å². The SMILES string of the molecule is CC(CN1CCCC1)NC1CCC2CCCCC2C1. The minimum atomic E-state index is 0.684. The van der Waals surface area contributed by atoms with Gasteiger partial charge >= 0.3 is 0 Å². The summed E-state index contributed by atoms with van der Waals surface area (Å²) in [7, 11) is 0. The van der Waals surface area contributed by atoms with Crippen molar-refractivity contribution < 1.29 is 0 Å². The van der Waals surface area contributed by atoms with Crippen molar-refractivity contribution in [3.8, 4) is 0 Å². The van der Waals surface area contributed by atoms with Crippen LogP contribution in [0.5, 0.6) is 0 Å². The third-order valence-electron chi connectivity index (χ3n) is 5.79. The van der Waals surface area contributed by atoms with Crippen molar-refractivity contribution in [2.24, 2.45) is 11.8 Å². The molecule has 19 heavy (non-hydrogen) atoms. The number of nitrogens with zero attached hydrogens (tertiary/aromatic N) is 1. The topological polar surface area (TPSA) is 15.3 Å². The zero-order valence-electron chi connectivity index (χ0n) is 12.7. The summed E-state index contributed by atoms with van der Waals surface area (Å²) < 4.78 is 0. The van der Waals surface area contributed by atoms with E-state index in [1.54, 1.807) is 0 Å². The molecule has 0 amide bonds. The highest BCUT2D eigenvalue weighted by Crippen LogP contribution is 2.40. The van der Waals surface area contributed by atoms with Crippen LogP contribution in [0.2, 0.25) is 0 Å². The second kappa shape index (κ2) is 6.58. The smallest absolute Gasteiger partial charge is 0.0169 e. The Kier molecular flexibility index (Phi) is 4.81. The molecule has 4 unspecified atom stereocenters. The lowest BCUT2D eigenvalue weighted by atomic mass is 9.69. The fraction of sp³-hybridized carbons (Fsp3) is 1.00. The molecule has 2 saturated carbocycles. The highest BCUT2D eigenvalue weighted by molar-refractivity contribution is 4.87. The molecule has 0 spiro atoms. The largest absolute Gasteiger partial charge is 0.310 e. The molecule has 2 aliphatic carbocycles. The fourth-order valence-electron chi connectivity index (χ4n) is 4.83. The van der Waals surface area contributed by atoms with Gasteiger partial charge in [0.2, 0.25) is 0 Å². The van der Waals surface area contributed by atoms with E-state index in [0.717, 1.165) is 17.9 Å². The summed E-state index contributed by atoms with van der Waals surface area (Å²) in [5.74, 6) is 2.14. The average molecular weight is 264 g/mol. The molecular formula is C17H32N2. The monoisotopic (exact) mass is 264 g/mol. The van der Waals surface area contributed by atoms with Gasteiger partial charge in [0.15, 0.2) is 0 Å². The average Bonchev–Trinajstić information content (AvgIpc) is 2.91. The fourth-order valence-corrected chi connectivity index (χ4v) is 4.83. The molecule has 1 aliphatic heterocycles. The number of hydrogen-bond acceptors (Lipinski definition) is 2. The third kappa shape index (κ3) is 3.72. The minimum Gasteiger partial charge on any atom is -0.310 e. The molecular weight excluding hydrogens is 232 g/mol. The summed E-state index contributed by atoms with van der Waals surface area (Å²) in [4.78, 5) is 2.64. The number of hydrogen-bond donors (Lipinski definition) is 1.